The molecule has 0 radical (unpaired) electrons. The molecule has 0 unspecified atom stereocenters. The molecule has 1 aromatic rings. The second-order valence-electron chi connectivity index (χ2n) is 3.75. The molecule has 1 aromatic heterocycles. The molecular weight excluding hydrogens is 227 g/mol. The topological polar surface area (TPSA) is 12.9 Å². The van der Waals surface area contributed by atoms with Gasteiger partial charge in [0, 0.05) is 6.20 Å². The lowest BCUT2D eigenvalue weighted by Crippen LogP contribution is -2.07. The van der Waals surface area contributed by atoms with Crippen molar-refractivity contribution in [3.05, 3.63) is 28.5 Å². The first-order valence-corrected chi connectivity index (χ1v) is 4.90. The SMILES string of the molecule is CC(C)Cc1ncc(C(F)(F)F)cc1Cl. The predicted molar refractivity (Wildman–Crippen MR) is 52.8 cm³/mol. The quantitative estimate of drug-likeness (QED) is 0.759. The number of hydrogen-bond acceptors (Lipinski definition) is 1. The van der Waals surface area contributed by atoms with E-state index < -0.39 is 11.7 Å². The maximum Gasteiger partial charge on any atom is 0.417 e. The zero-order valence-electron chi connectivity index (χ0n) is 8.40. The zero-order valence-corrected chi connectivity index (χ0v) is 9.15. The minimum atomic E-state index is -4.38. The van der Waals surface area contributed by atoms with E-state index in [0.717, 1.165) is 12.3 Å². The van der Waals surface area contributed by atoms with E-state index in [1.165, 1.54) is 0 Å². The van der Waals surface area contributed by atoms with Gasteiger partial charge in [0.1, 0.15) is 0 Å². The summed E-state index contributed by atoms with van der Waals surface area (Å²) in [4.78, 5) is 3.73. The number of aromatic nitrogens is 1. The molecule has 15 heavy (non-hydrogen) atoms. The Labute approximate surface area is 91.3 Å². The Balaban J connectivity index is 2.98. The van der Waals surface area contributed by atoms with Gasteiger partial charge in [-0.05, 0) is 18.4 Å². The molecule has 0 N–H and O–H groups in total. The van der Waals surface area contributed by atoms with Crippen molar-refractivity contribution >= 4 is 11.6 Å². The van der Waals surface area contributed by atoms with Gasteiger partial charge in [-0.2, -0.15) is 13.2 Å². The van der Waals surface area contributed by atoms with E-state index in [1.807, 2.05) is 13.8 Å². The average Bonchev–Trinajstić information content (AvgIpc) is 2.05. The summed E-state index contributed by atoms with van der Waals surface area (Å²) in [5, 5.41) is 0.0820. The Kier molecular flexibility index (Phi) is 3.60. The number of halogens is 4. The maximum atomic E-state index is 12.3. The molecule has 1 rings (SSSR count). The maximum absolute atomic E-state index is 12.3. The molecular formula is C10H11ClF3N. The third kappa shape index (κ3) is 3.38. The van der Waals surface area contributed by atoms with Crippen molar-refractivity contribution in [3.8, 4) is 0 Å². The summed E-state index contributed by atoms with van der Waals surface area (Å²) in [6, 6.07) is 0.923. The Bertz CT molecular complexity index is 347. The lowest BCUT2D eigenvalue weighted by atomic mass is 10.1. The van der Waals surface area contributed by atoms with Gasteiger partial charge in [0.2, 0.25) is 0 Å². The molecule has 0 spiro atoms. The van der Waals surface area contributed by atoms with Crippen LogP contribution in [0.2, 0.25) is 5.02 Å². The van der Waals surface area contributed by atoms with Crippen molar-refractivity contribution in [1.29, 1.82) is 0 Å². The van der Waals surface area contributed by atoms with Crippen LogP contribution >= 0.6 is 11.6 Å². The largest absolute Gasteiger partial charge is 0.417 e. The van der Waals surface area contributed by atoms with Crippen LogP contribution in [0, 0.1) is 5.92 Å². The Morgan fingerprint density at radius 3 is 2.40 bits per heavy atom. The second-order valence-corrected chi connectivity index (χ2v) is 4.16. The third-order valence-electron chi connectivity index (χ3n) is 1.85. The van der Waals surface area contributed by atoms with Gasteiger partial charge < -0.3 is 0 Å². The van der Waals surface area contributed by atoms with Gasteiger partial charge >= 0.3 is 6.18 Å². The molecule has 0 bridgehead atoms. The fraction of sp³-hybridized carbons (Fsp3) is 0.500. The first kappa shape index (κ1) is 12.3. The van der Waals surface area contributed by atoms with E-state index in [2.05, 4.69) is 4.98 Å². The summed E-state index contributed by atoms with van der Waals surface area (Å²) >= 11 is 5.72. The van der Waals surface area contributed by atoms with Crippen LogP contribution in [0.3, 0.4) is 0 Å². The molecule has 0 aliphatic carbocycles. The van der Waals surface area contributed by atoms with Gasteiger partial charge in [-0.3, -0.25) is 4.98 Å². The molecule has 0 aliphatic rings. The van der Waals surface area contributed by atoms with E-state index in [4.69, 9.17) is 11.6 Å². The van der Waals surface area contributed by atoms with Crippen molar-refractivity contribution < 1.29 is 13.2 Å². The molecule has 0 amide bonds. The Hall–Kier alpha value is -0.770. The molecule has 0 atom stereocenters. The molecule has 0 saturated heterocycles. The van der Waals surface area contributed by atoms with Crippen molar-refractivity contribution in [1.82, 2.24) is 4.98 Å². The van der Waals surface area contributed by atoms with Crippen LogP contribution in [-0.4, -0.2) is 4.98 Å². The van der Waals surface area contributed by atoms with Crippen LogP contribution in [0.15, 0.2) is 12.3 Å². The summed E-state index contributed by atoms with van der Waals surface area (Å²) in [6.45, 7) is 3.91. The van der Waals surface area contributed by atoms with Crippen LogP contribution in [0.25, 0.3) is 0 Å². The van der Waals surface area contributed by atoms with E-state index >= 15 is 0 Å². The van der Waals surface area contributed by atoms with Crippen molar-refractivity contribution in [3.63, 3.8) is 0 Å². The van der Waals surface area contributed by atoms with Gasteiger partial charge in [0.05, 0.1) is 16.3 Å². The first-order valence-electron chi connectivity index (χ1n) is 4.52. The molecule has 1 heterocycles. The van der Waals surface area contributed by atoms with Crippen molar-refractivity contribution in [2.45, 2.75) is 26.4 Å². The molecule has 84 valence electrons. The monoisotopic (exact) mass is 237 g/mol. The summed E-state index contributed by atoms with van der Waals surface area (Å²) in [5.41, 5.74) is -0.292. The van der Waals surface area contributed by atoms with E-state index in [0.29, 0.717) is 18.0 Å². The lowest BCUT2D eigenvalue weighted by Gasteiger charge is -2.10. The molecule has 5 heteroatoms. The highest BCUT2D eigenvalue weighted by molar-refractivity contribution is 6.31. The van der Waals surface area contributed by atoms with Crippen molar-refractivity contribution in [2.24, 2.45) is 5.92 Å². The average molecular weight is 238 g/mol. The van der Waals surface area contributed by atoms with Crippen LogP contribution in [0.1, 0.15) is 25.1 Å². The smallest absolute Gasteiger partial charge is 0.259 e. The molecule has 0 aromatic carbocycles. The normalized spacial score (nSPS) is 12.2. The zero-order chi connectivity index (χ0) is 11.6. The Morgan fingerprint density at radius 1 is 1.40 bits per heavy atom. The minimum absolute atomic E-state index is 0.0820. The molecule has 1 nitrogen and oxygen atoms in total. The fourth-order valence-electron chi connectivity index (χ4n) is 1.16. The number of hydrogen-bond donors (Lipinski definition) is 0. The third-order valence-corrected chi connectivity index (χ3v) is 2.17. The van der Waals surface area contributed by atoms with Crippen LogP contribution in [-0.2, 0) is 12.6 Å². The van der Waals surface area contributed by atoms with E-state index in [-0.39, 0.29) is 5.02 Å². The first-order chi connectivity index (χ1) is 6.80. The van der Waals surface area contributed by atoms with E-state index in [9.17, 15) is 13.2 Å². The summed E-state index contributed by atoms with van der Waals surface area (Å²) < 4.78 is 36.8. The highest BCUT2D eigenvalue weighted by Gasteiger charge is 2.31. The minimum Gasteiger partial charge on any atom is -0.259 e. The van der Waals surface area contributed by atoms with Gasteiger partial charge in [0.25, 0.3) is 0 Å². The summed E-state index contributed by atoms with van der Waals surface area (Å²) in [5.74, 6) is 0.312. The second kappa shape index (κ2) is 4.39. The lowest BCUT2D eigenvalue weighted by molar-refractivity contribution is -0.137. The molecule has 0 saturated carbocycles. The van der Waals surface area contributed by atoms with Crippen molar-refractivity contribution in [2.75, 3.05) is 0 Å². The van der Waals surface area contributed by atoms with Crippen LogP contribution < -0.4 is 0 Å². The fourth-order valence-corrected chi connectivity index (χ4v) is 1.40. The van der Waals surface area contributed by atoms with Gasteiger partial charge in [0.15, 0.2) is 0 Å². The predicted octanol–water partition coefficient (Wildman–Crippen LogP) is 3.95. The number of rotatable bonds is 2. The summed E-state index contributed by atoms with van der Waals surface area (Å²) in [7, 11) is 0. The molecule has 0 fully saturated rings. The highest BCUT2D eigenvalue weighted by atomic mass is 35.5. The van der Waals surface area contributed by atoms with Crippen LogP contribution in [0.5, 0.6) is 0 Å². The highest BCUT2D eigenvalue weighted by Crippen LogP contribution is 2.31. The summed E-state index contributed by atoms with van der Waals surface area (Å²) in [6.07, 6.45) is -2.98. The van der Waals surface area contributed by atoms with Gasteiger partial charge in [-0.25, -0.2) is 0 Å². The standard InChI is InChI=1S/C10H11ClF3N/c1-6(2)3-9-8(11)4-7(5-15-9)10(12,13)14/h4-6H,3H2,1-2H3. The van der Waals surface area contributed by atoms with Gasteiger partial charge in [-0.15, -0.1) is 0 Å². The van der Waals surface area contributed by atoms with Gasteiger partial charge in [-0.1, -0.05) is 25.4 Å². The van der Waals surface area contributed by atoms with Crippen LogP contribution in [0.4, 0.5) is 13.2 Å². The Morgan fingerprint density at radius 2 is 2.00 bits per heavy atom. The molecule has 0 aliphatic heterocycles. The number of pyridine rings is 1. The number of alkyl halides is 3. The van der Waals surface area contributed by atoms with E-state index in [1.54, 1.807) is 0 Å². The number of nitrogens with zero attached hydrogens (tertiary/aromatic N) is 1.